The number of nitrogens with zero attached hydrogens (tertiary/aromatic N) is 3. The third kappa shape index (κ3) is 3.94. The van der Waals surface area contributed by atoms with Gasteiger partial charge in [0.1, 0.15) is 0 Å². The van der Waals surface area contributed by atoms with Gasteiger partial charge in [0.2, 0.25) is 5.88 Å². The van der Waals surface area contributed by atoms with Gasteiger partial charge in [-0.1, -0.05) is 36.4 Å². The smallest absolute Gasteiger partial charge is 0.254 e. The predicted octanol–water partition coefficient (Wildman–Crippen LogP) is 4.77. The molecular weight excluding hydrogens is 374 g/mol. The number of hydrogen-bond donors (Lipinski definition) is 0. The van der Waals surface area contributed by atoms with Crippen LogP contribution in [0.5, 0.6) is 5.88 Å². The van der Waals surface area contributed by atoms with Gasteiger partial charge < -0.3 is 9.64 Å². The van der Waals surface area contributed by atoms with E-state index in [1.807, 2.05) is 65.6 Å². The summed E-state index contributed by atoms with van der Waals surface area (Å²) in [5, 5.41) is 9.21. The first-order chi connectivity index (χ1) is 14.7. The van der Waals surface area contributed by atoms with Gasteiger partial charge in [-0.15, -0.1) is 0 Å². The summed E-state index contributed by atoms with van der Waals surface area (Å²) in [6.45, 7) is 0.546. The highest BCUT2D eigenvalue weighted by Gasteiger charge is 2.26. The summed E-state index contributed by atoms with van der Waals surface area (Å²) in [4.78, 5) is 19.4. The molecule has 0 fully saturated rings. The molecule has 0 spiro atoms. The lowest BCUT2D eigenvalue weighted by Crippen LogP contribution is -2.36. The molecule has 1 unspecified atom stereocenters. The van der Waals surface area contributed by atoms with Crippen molar-refractivity contribution < 1.29 is 9.53 Å². The zero-order chi connectivity index (χ0) is 20.9. The van der Waals surface area contributed by atoms with E-state index in [1.165, 1.54) is 0 Å². The monoisotopic (exact) mass is 395 g/mol. The van der Waals surface area contributed by atoms with Crippen LogP contribution in [0.25, 0.3) is 11.1 Å². The zero-order valence-electron chi connectivity index (χ0n) is 16.7. The van der Waals surface area contributed by atoms with Gasteiger partial charge in [0.25, 0.3) is 5.91 Å². The number of carbonyl (C=O) groups is 1. The number of aromatic nitrogens is 1. The summed E-state index contributed by atoms with van der Waals surface area (Å²) < 4.78 is 5.10. The Morgan fingerprint density at radius 2 is 1.90 bits per heavy atom. The number of ether oxygens (including phenoxy) is 1. The fraction of sp³-hybridized carbons (Fsp3) is 0.160. The van der Waals surface area contributed by atoms with Crippen molar-refractivity contribution in [1.29, 1.82) is 5.26 Å². The molecule has 3 aromatic rings. The van der Waals surface area contributed by atoms with E-state index in [0.717, 1.165) is 23.1 Å². The summed E-state index contributed by atoms with van der Waals surface area (Å²) in [6, 6.07) is 20.9. The van der Waals surface area contributed by atoms with Crippen LogP contribution in [0.4, 0.5) is 0 Å². The van der Waals surface area contributed by atoms with Gasteiger partial charge in [-0.3, -0.25) is 4.79 Å². The van der Waals surface area contributed by atoms with Crippen LogP contribution in [-0.2, 0) is 0 Å². The number of methoxy groups -OCH3 is 1. The molecule has 5 nitrogen and oxygen atoms in total. The summed E-state index contributed by atoms with van der Waals surface area (Å²) in [5.41, 5.74) is 4.16. The lowest BCUT2D eigenvalue weighted by atomic mass is 9.96. The molecule has 30 heavy (non-hydrogen) atoms. The van der Waals surface area contributed by atoms with Gasteiger partial charge in [-0.2, -0.15) is 5.26 Å². The van der Waals surface area contributed by atoms with Crippen molar-refractivity contribution in [3.05, 3.63) is 95.7 Å². The molecule has 0 radical (unpaired) electrons. The average molecular weight is 395 g/mol. The van der Waals surface area contributed by atoms with Crippen LogP contribution in [0.15, 0.2) is 79.0 Å². The fourth-order valence-corrected chi connectivity index (χ4v) is 3.67. The minimum atomic E-state index is -0.0822. The molecule has 0 N–H and O–H groups in total. The molecule has 0 saturated carbocycles. The van der Waals surface area contributed by atoms with E-state index in [1.54, 1.807) is 19.4 Å². The lowest BCUT2D eigenvalue weighted by molar-refractivity contribution is 0.0692. The van der Waals surface area contributed by atoms with E-state index in [-0.39, 0.29) is 11.9 Å². The molecule has 1 amide bonds. The maximum absolute atomic E-state index is 13.3. The number of carbonyl (C=O) groups excluding carboxylic acids is 1. The number of hydrogen-bond acceptors (Lipinski definition) is 4. The van der Waals surface area contributed by atoms with Gasteiger partial charge in [0.15, 0.2) is 0 Å². The normalized spacial score (nSPS) is 15.5. The molecule has 2 aromatic carbocycles. The largest absolute Gasteiger partial charge is 0.481 e. The second-order valence-corrected chi connectivity index (χ2v) is 7.08. The maximum Gasteiger partial charge on any atom is 0.254 e. The molecule has 0 saturated heterocycles. The third-order valence-corrected chi connectivity index (χ3v) is 5.28. The Morgan fingerprint density at radius 3 is 2.60 bits per heavy atom. The Balaban J connectivity index is 1.57. The van der Waals surface area contributed by atoms with Crippen LogP contribution >= 0.6 is 0 Å². The van der Waals surface area contributed by atoms with Crippen LogP contribution in [0.2, 0.25) is 0 Å². The molecule has 2 heterocycles. The van der Waals surface area contributed by atoms with Gasteiger partial charge in [0, 0.05) is 29.9 Å². The molecule has 0 bridgehead atoms. The highest BCUT2D eigenvalue weighted by Crippen LogP contribution is 2.30. The molecule has 148 valence electrons. The lowest BCUT2D eigenvalue weighted by Gasteiger charge is -2.33. The van der Waals surface area contributed by atoms with Crippen molar-refractivity contribution in [2.24, 2.45) is 0 Å². The van der Waals surface area contributed by atoms with Gasteiger partial charge in [-0.05, 0) is 47.9 Å². The minimum absolute atomic E-state index is 0.0221. The standard InChI is InChI=1S/C25H21N3O2/c1-30-24-13-12-22(17-27-24)19-8-10-20(11-9-19)25(29)28-14-3-2-7-23(28)21-6-4-5-18(15-21)16-26/h2-6,8-13,15,17,23H,7,14H2,1H3. The van der Waals surface area contributed by atoms with Crippen LogP contribution in [0.3, 0.4) is 0 Å². The number of nitriles is 1. The molecule has 1 atom stereocenters. The van der Waals surface area contributed by atoms with Gasteiger partial charge >= 0.3 is 0 Å². The van der Waals surface area contributed by atoms with E-state index in [0.29, 0.717) is 23.6 Å². The molecule has 0 aliphatic carbocycles. The molecular formula is C25H21N3O2. The number of benzene rings is 2. The molecule has 1 aliphatic rings. The zero-order valence-corrected chi connectivity index (χ0v) is 16.7. The Labute approximate surface area is 175 Å². The van der Waals surface area contributed by atoms with Gasteiger partial charge in [-0.25, -0.2) is 4.98 Å². The molecule has 1 aliphatic heterocycles. The van der Waals surface area contributed by atoms with Crippen LogP contribution in [0.1, 0.15) is 33.9 Å². The second kappa shape index (κ2) is 8.62. The first kappa shape index (κ1) is 19.4. The van der Waals surface area contributed by atoms with E-state index in [4.69, 9.17) is 4.74 Å². The SMILES string of the molecule is COc1ccc(-c2ccc(C(=O)N3CC=CCC3c3cccc(C#N)c3)cc2)cn1. The van der Waals surface area contributed by atoms with Crippen molar-refractivity contribution in [3.63, 3.8) is 0 Å². The van der Waals surface area contributed by atoms with Crippen molar-refractivity contribution in [3.8, 4) is 23.1 Å². The maximum atomic E-state index is 13.3. The first-order valence-corrected chi connectivity index (χ1v) is 9.76. The highest BCUT2D eigenvalue weighted by atomic mass is 16.5. The van der Waals surface area contributed by atoms with Crippen LogP contribution < -0.4 is 4.74 Å². The summed E-state index contributed by atoms with van der Waals surface area (Å²) >= 11 is 0. The number of pyridine rings is 1. The minimum Gasteiger partial charge on any atom is -0.481 e. The number of amides is 1. The molecule has 5 heteroatoms. The highest BCUT2D eigenvalue weighted by molar-refractivity contribution is 5.95. The van der Waals surface area contributed by atoms with E-state index in [2.05, 4.69) is 17.1 Å². The van der Waals surface area contributed by atoms with Crippen molar-refractivity contribution >= 4 is 5.91 Å². The van der Waals surface area contributed by atoms with E-state index < -0.39 is 0 Å². The Morgan fingerprint density at radius 1 is 1.10 bits per heavy atom. The predicted molar refractivity (Wildman–Crippen MR) is 115 cm³/mol. The van der Waals surface area contributed by atoms with E-state index >= 15 is 0 Å². The first-order valence-electron chi connectivity index (χ1n) is 9.76. The van der Waals surface area contributed by atoms with Crippen molar-refractivity contribution in [2.75, 3.05) is 13.7 Å². The van der Waals surface area contributed by atoms with E-state index in [9.17, 15) is 10.1 Å². The van der Waals surface area contributed by atoms with Crippen LogP contribution in [-0.4, -0.2) is 29.4 Å². The third-order valence-electron chi connectivity index (χ3n) is 5.28. The summed E-state index contributed by atoms with van der Waals surface area (Å²) in [7, 11) is 1.59. The summed E-state index contributed by atoms with van der Waals surface area (Å²) in [5.74, 6) is 0.543. The quantitative estimate of drug-likeness (QED) is 0.597. The Hall–Kier alpha value is -3.91. The van der Waals surface area contributed by atoms with Crippen molar-refractivity contribution in [1.82, 2.24) is 9.88 Å². The molecule has 1 aromatic heterocycles. The fourth-order valence-electron chi connectivity index (χ4n) is 3.67. The van der Waals surface area contributed by atoms with Crippen LogP contribution in [0, 0.1) is 11.3 Å². The topological polar surface area (TPSA) is 66.2 Å². The Bertz CT molecular complexity index is 1110. The molecule has 4 rings (SSSR count). The summed E-state index contributed by atoms with van der Waals surface area (Å²) in [6.07, 6.45) is 6.59. The average Bonchev–Trinajstić information content (AvgIpc) is 2.84. The second-order valence-electron chi connectivity index (χ2n) is 7.08. The van der Waals surface area contributed by atoms with Crippen molar-refractivity contribution in [2.45, 2.75) is 12.5 Å². The number of rotatable bonds is 4. The Kier molecular flexibility index (Phi) is 5.58. The van der Waals surface area contributed by atoms with Gasteiger partial charge in [0.05, 0.1) is 24.8 Å².